The number of halogens is 2. The highest BCUT2D eigenvalue weighted by Crippen LogP contribution is 2.19. The summed E-state index contributed by atoms with van der Waals surface area (Å²) < 4.78 is 6.45. The molecule has 8 heteroatoms. The second kappa shape index (κ2) is 5.41. The zero-order chi connectivity index (χ0) is 13.1. The third kappa shape index (κ3) is 2.65. The lowest BCUT2D eigenvalue weighted by molar-refractivity contribution is 0.152. The Morgan fingerprint density at radius 3 is 3.00 bits per heavy atom. The van der Waals surface area contributed by atoms with E-state index in [1.165, 1.54) is 6.20 Å². The number of imidazole rings is 1. The minimum absolute atomic E-state index is 0.134. The van der Waals surface area contributed by atoms with Gasteiger partial charge in [0, 0.05) is 6.20 Å². The highest BCUT2D eigenvalue weighted by molar-refractivity contribution is 6.31. The molecule has 6 nitrogen and oxygen atoms in total. The summed E-state index contributed by atoms with van der Waals surface area (Å²) in [7, 11) is 0. The van der Waals surface area contributed by atoms with Crippen LogP contribution in [0.25, 0.3) is 11.2 Å². The molecule has 0 bridgehead atoms. The van der Waals surface area contributed by atoms with Gasteiger partial charge in [-0.2, -0.15) is 0 Å². The smallest absolute Gasteiger partial charge is 0.404 e. The maximum atomic E-state index is 10.5. The molecule has 96 valence electrons. The number of pyridine rings is 1. The van der Waals surface area contributed by atoms with Gasteiger partial charge < -0.3 is 15.0 Å². The van der Waals surface area contributed by atoms with Crippen LogP contribution in [0, 0.1) is 0 Å². The van der Waals surface area contributed by atoms with Crippen molar-refractivity contribution in [2.24, 2.45) is 5.73 Å². The van der Waals surface area contributed by atoms with Crippen molar-refractivity contribution in [1.29, 1.82) is 0 Å². The highest BCUT2D eigenvalue weighted by Gasteiger charge is 2.11. The molecule has 18 heavy (non-hydrogen) atoms. The van der Waals surface area contributed by atoms with Crippen molar-refractivity contribution in [1.82, 2.24) is 14.5 Å². The van der Waals surface area contributed by atoms with E-state index in [4.69, 9.17) is 28.9 Å². The van der Waals surface area contributed by atoms with Crippen molar-refractivity contribution in [2.75, 3.05) is 6.61 Å². The van der Waals surface area contributed by atoms with E-state index in [0.29, 0.717) is 28.6 Å². The molecule has 0 aliphatic heterocycles. The summed E-state index contributed by atoms with van der Waals surface area (Å²) in [5.74, 6) is 0.861. The second-order valence-electron chi connectivity index (χ2n) is 3.48. The van der Waals surface area contributed by atoms with Crippen molar-refractivity contribution in [3.8, 4) is 0 Å². The van der Waals surface area contributed by atoms with Gasteiger partial charge in [0.05, 0.1) is 17.4 Å². The Labute approximate surface area is 113 Å². The lowest BCUT2D eigenvalue weighted by Crippen LogP contribution is -2.17. The second-order valence-corrected chi connectivity index (χ2v) is 4.18. The summed E-state index contributed by atoms with van der Waals surface area (Å²) >= 11 is 11.6. The number of hydrogen-bond donors (Lipinski definition) is 1. The van der Waals surface area contributed by atoms with E-state index in [0.717, 1.165) is 0 Å². The molecule has 0 radical (unpaired) electrons. The van der Waals surface area contributed by atoms with E-state index in [1.807, 2.05) is 0 Å². The molecule has 0 aliphatic carbocycles. The predicted molar refractivity (Wildman–Crippen MR) is 67.6 cm³/mol. The molecule has 0 saturated heterocycles. The average molecular weight is 289 g/mol. The molecular formula is C10H10Cl2N4O2. The molecule has 2 rings (SSSR count). The van der Waals surface area contributed by atoms with Gasteiger partial charge in [-0.3, -0.25) is 0 Å². The fourth-order valence-electron chi connectivity index (χ4n) is 1.61. The molecule has 2 aromatic heterocycles. The van der Waals surface area contributed by atoms with Gasteiger partial charge in [-0.05, 0) is 6.07 Å². The first-order chi connectivity index (χ1) is 8.61. The van der Waals surface area contributed by atoms with Gasteiger partial charge in [0.1, 0.15) is 17.9 Å². The molecule has 0 fully saturated rings. The van der Waals surface area contributed by atoms with Gasteiger partial charge in [0.25, 0.3) is 0 Å². The number of carbonyl (C=O) groups is 1. The molecule has 0 aliphatic rings. The first-order valence-corrected chi connectivity index (χ1v) is 6.02. The number of alkyl halides is 1. The number of hydrogen-bond acceptors (Lipinski definition) is 4. The van der Waals surface area contributed by atoms with Gasteiger partial charge in [0.15, 0.2) is 5.65 Å². The van der Waals surface area contributed by atoms with Crippen LogP contribution >= 0.6 is 23.2 Å². The van der Waals surface area contributed by atoms with E-state index in [1.54, 1.807) is 10.6 Å². The van der Waals surface area contributed by atoms with Crippen molar-refractivity contribution in [3.05, 3.63) is 23.1 Å². The van der Waals surface area contributed by atoms with Crippen LogP contribution in [0.4, 0.5) is 4.79 Å². The summed E-state index contributed by atoms with van der Waals surface area (Å²) in [6, 6.07) is 1.70. The Kier molecular flexibility index (Phi) is 3.88. The molecule has 2 N–H and O–H groups in total. The van der Waals surface area contributed by atoms with Gasteiger partial charge in [0.2, 0.25) is 0 Å². The normalized spacial score (nSPS) is 10.8. The highest BCUT2D eigenvalue weighted by atomic mass is 35.5. The molecule has 0 spiro atoms. The van der Waals surface area contributed by atoms with Crippen molar-refractivity contribution in [2.45, 2.75) is 12.4 Å². The third-order valence-electron chi connectivity index (χ3n) is 2.31. The van der Waals surface area contributed by atoms with E-state index in [9.17, 15) is 4.79 Å². The number of carbonyl (C=O) groups excluding carboxylic acids is 1. The molecule has 0 atom stereocenters. The number of amides is 1. The SMILES string of the molecule is NC(=O)OCCn1c(CCl)nc2cc(Cl)cnc21. The lowest BCUT2D eigenvalue weighted by atomic mass is 10.4. The molecule has 1 amide bonds. The van der Waals surface area contributed by atoms with E-state index < -0.39 is 6.09 Å². The number of fused-ring (bicyclic) bond motifs is 1. The predicted octanol–water partition coefficient (Wildman–Crippen LogP) is 1.92. The number of nitrogens with two attached hydrogens (primary N) is 1. The Morgan fingerprint density at radius 1 is 1.56 bits per heavy atom. The van der Waals surface area contributed by atoms with Crippen LogP contribution in [0.3, 0.4) is 0 Å². The summed E-state index contributed by atoms with van der Waals surface area (Å²) in [4.78, 5) is 19.0. The first kappa shape index (κ1) is 12.9. The Balaban J connectivity index is 2.31. The van der Waals surface area contributed by atoms with Crippen LogP contribution < -0.4 is 5.73 Å². The standard InChI is InChI=1S/C10H10Cl2N4O2/c11-4-8-15-7-3-6(12)5-14-9(7)16(8)1-2-18-10(13)17/h3,5H,1-2,4H2,(H2,13,17). The quantitative estimate of drug-likeness (QED) is 0.871. The Bertz CT molecular complexity index is 585. The van der Waals surface area contributed by atoms with Gasteiger partial charge in [-0.1, -0.05) is 11.6 Å². The molecule has 0 saturated carbocycles. The van der Waals surface area contributed by atoms with Crippen molar-refractivity contribution < 1.29 is 9.53 Å². The topological polar surface area (TPSA) is 83.0 Å². The van der Waals surface area contributed by atoms with Crippen LogP contribution in [0.2, 0.25) is 5.02 Å². The van der Waals surface area contributed by atoms with E-state index in [2.05, 4.69) is 14.7 Å². The van der Waals surface area contributed by atoms with E-state index in [-0.39, 0.29) is 12.5 Å². The van der Waals surface area contributed by atoms with Gasteiger partial charge in [-0.15, -0.1) is 11.6 Å². The minimum atomic E-state index is -0.817. The van der Waals surface area contributed by atoms with Crippen molar-refractivity contribution >= 4 is 40.5 Å². The number of ether oxygens (including phenoxy) is 1. The number of primary amides is 1. The summed E-state index contributed by atoms with van der Waals surface area (Å²) in [5.41, 5.74) is 6.18. The number of aromatic nitrogens is 3. The maximum absolute atomic E-state index is 10.5. The van der Waals surface area contributed by atoms with Crippen LogP contribution in [-0.2, 0) is 17.2 Å². The van der Waals surface area contributed by atoms with Crippen LogP contribution in [0.5, 0.6) is 0 Å². The maximum Gasteiger partial charge on any atom is 0.404 e. The minimum Gasteiger partial charge on any atom is -0.448 e. The molecule has 0 unspecified atom stereocenters. The Hall–Kier alpha value is -1.53. The summed E-state index contributed by atoms with van der Waals surface area (Å²) in [5, 5.41) is 0.502. The average Bonchev–Trinajstić information content (AvgIpc) is 2.66. The zero-order valence-electron chi connectivity index (χ0n) is 9.27. The van der Waals surface area contributed by atoms with Gasteiger partial charge >= 0.3 is 6.09 Å². The largest absolute Gasteiger partial charge is 0.448 e. The number of nitrogens with zero attached hydrogens (tertiary/aromatic N) is 3. The first-order valence-electron chi connectivity index (χ1n) is 5.10. The molecule has 2 aromatic rings. The molecule has 2 heterocycles. The van der Waals surface area contributed by atoms with Crippen LogP contribution in [0.1, 0.15) is 5.82 Å². The fourth-order valence-corrected chi connectivity index (χ4v) is 1.96. The summed E-state index contributed by atoms with van der Waals surface area (Å²) in [6.45, 7) is 0.519. The molecule has 0 aromatic carbocycles. The monoisotopic (exact) mass is 288 g/mol. The fraction of sp³-hybridized carbons (Fsp3) is 0.300. The third-order valence-corrected chi connectivity index (χ3v) is 2.76. The summed E-state index contributed by atoms with van der Waals surface area (Å²) in [6.07, 6.45) is 0.706. The van der Waals surface area contributed by atoms with Crippen LogP contribution in [-0.4, -0.2) is 27.2 Å². The number of rotatable bonds is 4. The lowest BCUT2D eigenvalue weighted by Gasteiger charge is -2.06. The molecular weight excluding hydrogens is 279 g/mol. The zero-order valence-corrected chi connectivity index (χ0v) is 10.8. The van der Waals surface area contributed by atoms with Gasteiger partial charge in [-0.25, -0.2) is 14.8 Å². The van der Waals surface area contributed by atoms with Crippen LogP contribution in [0.15, 0.2) is 12.3 Å². The van der Waals surface area contributed by atoms with E-state index >= 15 is 0 Å². The Morgan fingerprint density at radius 2 is 2.33 bits per heavy atom. The van der Waals surface area contributed by atoms with Crippen molar-refractivity contribution in [3.63, 3.8) is 0 Å².